The molecule has 0 aliphatic heterocycles. The molecule has 0 aliphatic rings. The van der Waals surface area contributed by atoms with Crippen molar-refractivity contribution in [2.45, 2.75) is 5.22 Å². The lowest BCUT2D eigenvalue weighted by Gasteiger charge is -2.06. The third kappa shape index (κ3) is 4.64. The smallest absolute Gasteiger partial charge is 0.281 e. The average Bonchev–Trinajstić information content (AvgIpc) is 3.16. The summed E-state index contributed by atoms with van der Waals surface area (Å²) in [7, 11) is 3.06. The fourth-order valence-corrected chi connectivity index (χ4v) is 2.80. The van der Waals surface area contributed by atoms with Gasteiger partial charge in [0.1, 0.15) is 11.5 Å². The van der Waals surface area contributed by atoms with Gasteiger partial charge in [-0.15, -0.1) is 10.2 Å². The Morgan fingerprint density at radius 3 is 2.37 bits per heavy atom. The highest BCUT2D eigenvalue weighted by molar-refractivity contribution is 8.03. The summed E-state index contributed by atoms with van der Waals surface area (Å²) in [6.07, 6.45) is 4.56. The van der Waals surface area contributed by atoms with E-state index in [1.165, 1.54) is 20.3 Å². The summed E-state index contributed by atoms with van der Waals surface area (Å²) in [5.41, 5.74) is 1.24. The second-order valence-electron chi connectivity index (χ2n) is 5.15. The van der Waals surface area contributed by atoms with Crippen LogP contribution in [0.5, 0.6) is 11.5 Å². The third-order valence-corrected chi connectivity index (χ3v) is 4.25. The first-order valence-corrected chi connectivity index (χ1v) is 8.48. The number of thioether (sulfide) groups is 1. The van der Waals surface area contributed by atoms with Crippen LogP contribution in [0.4, 0.5) is 0 Å². The van der Waals surface area contributed by atoms with Crippen LogP contribution in [-0.4, -0.2) is 35.4 Å². The lowest BCUT2D eigenvalue weighted by Crippen LogP contribution is -2.23. The maximum Gasteiger partial charge on any atom is 0.281 e. The average molecular weight is 384 g/mol. The summed E-state index contributed by atoms with van der Waals surface area (Å²) in [5.74, 6) is -0.0227. The van der Waals surface area contributed by atoms with Gasteiger partial charge in [-0.1, -0.05) is 0 Å². The first-order chi connectivity index (χ1) is 13.1. The molecule has 0 fully saturated rings. The first kappa shape index (κ1) is 18.5. The van der Waals surface area contributed by atoms with Crippen LogP contribution in [0.25, 0.3) is 17.5 Å². The molecule has 2 aromatic heterocycles. The Labute approximate surface area is 158 Å². The third-order valence-electron chi connectivity index (χ3n) is 3.41. The second kappa shape index (κ2) is 8.37. The summed E-state index contributed by atoms with van der Waals surface area (Å²) in [4.78, 5) is 15.2. The van der Waals surface area contributed by atoms with E-state index < -0.39 is 5.97 Å². The van der Waals surface area contributed by atoms with Crippen molar-refractivity contribution < 1.29 is 23.8 Å². The lowest BCUT2D eigenvalue weighted by atomic mass is 10.2. The highest BCUT2D eigenvalue weighted by atomic mass is 32.2. The Bertz CT molecular complexity index is 950. The van der Waals surface area contributed by atoms with Crippen molar-refractivity contribution in [3.8, 4) is 23.0 Å². The van der Waals surface area contributed by atoms with Gasteiger partial charge in [0.15, 0.2) is 0 Å². The van der Waals surface area contributed by atoms with E-state index in [2.05, 4.69) is 15.2 Å². The molecule has 27 heavy (non-hydrogen) atoms. The Morgan fingerprint density at radius 2 is 1.78 bits per heavy atom. The predicted molar refractivity (Wildman–Crippen MR) is 95.9 cm³/mol. The molecule has 0 saturated carbocycles. The molecule has 0 bridgehead atoms. The van der Waals surface area contributed by atoms with Gasteiger partial charge in [-0.25, -0.2) is 0 Å². The molecular formula is C18H14N3O5S-. The number of carboxylic acid groups (broad SMARTS) is 1. The zero-order valence-electron chi connectivity index (χ0n) is 14.4. The minimum Gasteiger partial charge on any atom is -0.544 e. The fraction of sp³-hybridized carbons (Fsp3) is 0.111. The van der Waals surface area contributed by atoms with Gasteiger partial charge in [-0.3, -0.25) is 4.98 Å². The number of pyridine rings is 1. The minimum absolute atomic E-state index is 0.0660. The highest BCUT2D eigenvalue weighted by Gasteiger charge is 2.14. The first-order valence-electron chi connectivity index (χ1n) is 7.67. The molecular weight excluding hydrogens is 370 g/mol. The van der Waals surface area contributed by atoms with Crippen LogP contribution in [0.2, 0.25) is 0 Å². The maximum absolute atomic E-state index is 11.4. The molecule has 3 rings (SSSR count). The molecule has 138 valence electrons. The van der Waals surface area contributed by atoms with Crippen LogP contribution >= 0.6 is 11.8 Å². The van der Waals surface area contributed by atoms with Gasteiger partial charge in [0.2, 0.25) is 5.89 Å². The van der Waals surface area contributed by atoms with Gasteiger partial charge in [-0.2, -0.15) is 0 Å². The number of benzene rings is 1. The zero-order chi connectivity index (χ0) is 19.2. The van der Waals surface area contributed by atoms with E-state index in [-0.39, 0.29) is 16.0 Å². The summed E-state index contributed by atoms with van der Waals surface area (Å²) >= 11 is 0.803. The summed E-state index contributed by atoms with van der Waals surface area (Å²) in [6, 6.07) is 8.46. The fourth-order valence-electron chi connectivity index (χ4n) is 2.13. The molecule has 0 atom stereocenters. The quantitative estimate of drug-likeness (QED) is 0.446. The largest absolute Gasteiger partial charge is 0.544 e. The molecule has 0 radical (unpaired) electrons. The standard InChI is InChI=1S/C18H15N3O5S/c1-24-13-8-12(9-14(10-13)25-2)16-20-21-18(26-16)27-15(17(22)23)7-11-3-5-19-6-4-11/h3-10H,1-2H3,(H,22,23)/p-1/b15-7+. The minimum atomic E-state index is -1.35. The van der Waals surface area contributed by atoms with Crippen LogP contribution < -0.4 is 14.6 Å². The number of aliphatic carboxylic acids is 1. The molecule has 0 saturated heterocycles. The van der Waals surface area contributed by atoms with Crippen molar-refractivity contribution in [1.29, 1.82) is 0 Å². The number of hydrogen-bond donors (Lipinski definition) is 0. The van der Waals surface area contributed by atoms with Crippen LogP contribution in [0.15, 0.2) is 57.3 Å². The van der Waals surface area contributed by atoms with Crippen molar-refractivity contribution in [3.05, 3.63) is 53.2 Å². The van der Waals surface area contributed by atoms with Gasteiger partial charge >= 0.3 is 0 Å². The van der Waals surface area contributed by atoms with Crippen molar-refractivity contribution >= 4 is 23.8 Å². The number of carbonyl (C=O) groups is 1. The van der Waals surface area contributed by atoms with Crippen LogP contribution in [0.3, 0.4) is 0 Å². The Morgan fingerprint density at radius 1 is 1.11 bits per heavy atom. The molecule has 0 unspecified atom stereocenters. The Kier molecular flexibility index (Phi) is 5.72. The molecule has 0 N–H and O–H groups in total. The van der Waals surface area contributed by atoms with Gasteiger partial charge in [0.05, 0.1) is 20.2 Å². The summed E-state index contributed by atoms with van der Waals surface area (Å²) in [6.45, 7) is 0. The number of nitrogens with zero attached hydrogens (tertiary/aromatic N) is 3. The van der Waals surface area contributed by atoms with Gasteiger partial charge in [0.25, 0.3) is 5.22 Å². The molecule has 2 heterocycles. The second-order valence-corrected chi connectivity index (χ2v) is 6.15. The normalized spacial score (nSPS) is 11.3. The highest BCUT2D eigenvalue weighted by Crippen LogP contribution is 2.32. The molecule has 0 spiro atoms. The Hall–Kier alpha value is -3.33. The molecule has 0 aliphatic carbocycles. The Balaban J connectivity index is 1.87. The van der Waals surface area contributed by atoms with E-state index in [1.807, 2.05) is 0 Å². The van der Waals surface area contributed by atoms with E-state index in [9.17, 15) is 9.90 Å². The number of methoxy groups -OCH3 is 2. The molecule has 1 aromatic carbocycles. The maximum atomic E-state index is 11.4. The van der Waals surface area contributed by atoms with Gasteiger partial charge in [0, 0.05) is 28.9 Å². The summed E-state index contributed by atoms with van der Waals surface area (Å²) in [5, 5.41) is 19.3. The van der Waals surface area contributed by atoms with E-state index in [1.54, 1.807) is 42.7 Å². The van der Waals surface area contributed by atoms with Crippen molar-refractivity contribution in [2.24, 2.45) is 0 Å². The molecule has 8 nitrogen and oxygen atoms in total. The monoisotopic (exact) mass is 384 g/mol. The van der Waals surface area contributed by atoms with E-state index in [4.69, 9.17) is 13.9 Å². The SMILES string of the molecule is COc1cc(OC)cc(-c2nnc(S/C(=C/c3ccncc3)C(=O)[O-])o2)c1. The number of rotatable bonds is 7. The van der Waals surface area contributed by atoms with Crippen LogP contribution in [0, 0.1) is 0 Å². The molecule has 9 heteroatoms. The van der Waals surface area contributed by atoms with E-state index >= 15 is 0 Å². The number of carboxylic acids is 1. The predicted octanol–water partition coefficient (Wildman–Crippen LogP) is 2.03. The van der Waals surface area contributed by atoms with Gasteiger partial charge in [-0.05, 0) is 47.7 Å². The van der Waals surface area contributed by atoms with Gasteiger partial charge < -0.3 is 23.8 Å². The van der Waals surface area contributed by atoms with E-state index in [0.717, 1.165) is 11.8 Å². The van der Waals surface area contributed by atoms with Crippen molar-refractivity contribution in [3.63, 3.8) is 0 Å². The van der Waals surface area contributed by atoms with Crippen LogP contribution in [0.1, 0.15) is 5.56 Å². The van der Waals surface area contributed by atoms with Crippen molar-refractivity contribution in [2.75, 3.05) is 14.2 Å². The summed E-state index contributed by atoms with van der Waals surface area (Å²) < 4.78 is 16.0. The lowest BCUT2D eigenvalue weighted by molar-refractivity contribution is -0.298. The molecule has 0 amide bonds. The number of hydrogen-bond acceptors (Lipinski definition) is 9. The van der Waals surface area contributed by atoms with Crippen LogP contribution in [-0.2, 0) is 4.79 Å². The number of carbonyl (C=O) groups excluding carboxylic acids is 1. The number of aromatic nitrogens is 3. The molecule has 3 aromatic rings. The van der Waals surface area contributed by atoms with E-state index in [0.29, 0.717) is 22.6 Å². The van der Waals surface area contributed by atoms with Crippen molar-refractivity contribution in [1.82, 2.24) is 15.2 Å². The topological polar surface area (TPSA) is 110 Å². The zero-order valence-corrected chi connectivity index (χ0v) is 15.2. The number of ether oxygens (including phenoxy) is 2.